The normalized spacial score (nSPS) is 17.5. The Balaban J connectivity index is 0. The van der Waals surface area contributed by atoms with Crippen LogP contribution in [0, 0.1) is 17.8 Å². The van der Waals surface area contributed by atoms with Crippen molar-refractivity contribution in [2.75, 3.05) is 6.54 Å². The molecule has 0 spiro atoms. The molecule has 1 aliphatic heterocycles. The molecule has 5 unspecified atom stereocenters. The number of carbonyl (C=O) groups excluding carboxylic acids is 1. The van der Waals surface area contributed by atoms with Crippen molar-refractivity contribution < 1.29 is 4.79 Å². The van der Waals surface area contributed by atoms with E-state index >= 15 is 0 Å². The lowest BCUT2D eigenvalue weighted by Gasteiger charge is -2.31. The molecule has 0 aromatic rings. The highest BCUT2D eigenvalue weighted by molar-refractivity contribution is 5.78. The van der Waals surface area contributed by atoms with Crippen LogP contribution in [0.2, 0.25) is 0 Å². The zero-order chi connectivity index (χ0) is 39.1. The van der Waals surface area contributed by atoms with Crippen molar-refractivity contribution in [3.63, 3.8) is 0 Å². The van der Waals surface area contributed by atoms with Crippen molar-refractivity contribution in [2.24, 2.45) is 17.8 Å². The van der Waals surface area contributed by atoms with Crippen LogP contribution < -0.4 is 0 Å². The number of carbonyl (C=O) groups is 1. The first kappa shape index (κ1) is 53.5. The number of rotatable bonds is 34. The Morgan fingerprint density at radius 3 is 1.52 bits per heavy atom. The van der Waals surface area contributed by atoms with Crippen LogP contribution >= 0.6 is 0 Å². The highest BCUT2D eigenvalue weighted by atomic mass is 16.1. The van der Waals surface area contributed by atoms with E-state index in [0.29, 0.717) is 11.7 Å². The van der Waals surface area contributed by atoms with Crippen LogP contribution in [0.4, 0.5) is 0 Å². The molecule has 0 aromatic heterocycles. The molecular weight excluding hydrogens is 631 g/mol. The van der Waals surface area contributed by atoms with Crippen molar-refractivity contribution in [2.45, 2.75) is 280 Å². The first-order valence-electron chi connectivity index (χ1n) is 24.2. The van der Waals surface area contributed by atoms with Crippen LogP contribution in [0.25, 0.3) is 0 Å². The van der Waals surface area contributed by atoms with Gasteiger partial charge in [-0.25, -0.2) is 0 Å². The molecular formula is C50H101NO. The highest BCUT2D eigenvalue weighted by Gasteiger charge is 2.33. The van der Waals surface area contributed by atoms with E-state index in [1.807, 2.05) is 0 Å². The number of hydrogen-bond acceptors (Lipinski definition) is 2. The summed E-state index contributed by atoms with van der Waals surface area (Å²) in [5, 5.41) is 0. The first-order valence-corrected chi connectivity index (χ1v) is 24.2. The molecule has 5 atom stereocenters. The molecule has 0 saturated carbocycles. The summed E-state index contributed by atoms with van der Waals surface area (Å²) in [6.45, 7) is 25.6. The highest BCUT2D eigenvalue weighted by Crippen LogP contribution is 2.32. The smallest absolute Gasteiger partial charge is 0.133 e. The van der Waals surface area contributed by atoms with Crippen LogP contribution in [-0.2, 0) is 4.79 Å². The van der Waals surface area contributed by atoms with Crippen molar-refractivity contribution in [1.82, 2.24) is 4.90 Å². The Hall–Kier alpha value is -0.630. The molecule has 2 heteroatoms. The van der Waals surface area contributed by atoms with Gasteiger partial charge in [0.15, 0.2) is 0 Å². The number of allylic oxidation sites excluding steroid dienone is 1. The number of nitrogens with zero attached hydrogens (tertiary/aromatic N) is 1. The Bertz CT molecular complexity index is 701. The maximum absolute atomic E-state index is 11.8. The Morgan fingerprint density at radius 1 is 0.596 bits per heavy atom. The second-order valence-electron chi connectivity index (χ2n) is 17.3. The van der Waals surface area contributed by atoms with E-state index in [-0.39, 0.29) is 0 Å². The topological polar surface area (TPSA) is 20.3 Å². The third-order valence-electron chi connectivity index (χ3n) is 11.8. The van der Waals surface area contributed by atoms with Crippen LogP contribution in [-0.4, -0.2) is 29.3 Å². The van der Waals surface area contributed by atoms with E-state index in [4.69, 9.17) is 0 Å². The minimum Gasteiger partial charge on any atom is -0.300 e. The molecule has 1 rings (SSSR count). The summed E-state index contributed by atoms with van der Waals surface area (Å²) in [7, 11) is 0. The molecule has 1 heterocycles. The Kier molecular flexibility index (Phi) is 42.7. The lowest BCUT2D eigenvalue weighted by molar-refractivity contribution is -0.120. The number of likely N-dealkylation sites (tertiary alicyclic amines) is 1. The van der Waals surface area contributed by atoms with E-state index in [1.165, 1.54) is 193 Å². The summed E-state index contributed by atoms with van der Waals surface area (Å²) in [4.78, 5) is 14.6. The maximum atomic E-state index is 11.8. The van der Waals surface area contributed by atoms with Gasteiger partial charge in [0.05, 0.1) is 0 Å². The molecule has 312 valence electrons. The van der Waals surface area contributed by atoms with Gasteiger partial charge in [-0.1, -0.05) is 210 Å². The average Bonchev–Trinajstić information content (AvgIpc) is 3.50. The van der Waals surface area contributed by atoms with Crippen molar-refractivity contribution in [3.05, 3.63) is 12.7 Å². The molecule has 0 aromatic carbocycles. The first-order chi connectivity index (χ1) is 25.3. The molecule has 0 aliphatic carbocycles. The van der Waals surface area contributed by atoms with E-state index in [0.717, 1.165) is 43.2 Å². The molecule has 2 nitrogen and oxygen atoms in total. The second-order valence-corrected chi connectivity index (χ2v) is 17.3. The molecule has 0 amide bonds. The van der Waals surface area contributed by atoms with Crippen LogP contribution in [0.5, 0.6) is 0 Å². The number of unbranched alkanes of at least 4 members (excludes halogenated alkanes) is 16. The summed E-state index contributed by atoms with van der Waals surface area (Å²) in [6, 6.07) is 1.54. The number of hydrogen-bond donors (Lipinski definition) is 0. The minimum atomic E-state index is 0.466. The Morgan fingerprint density at radius 2 is 1.10 bits per heavy atom. The third-order valence-corrected chi connectivity index (χ3v) is 11.8. The summed E-state index contributed by atoms with van der Waals surface area (Å²) in [6.07, 6.45) is 45.3. The van der Waals surface area contributed by atoms with Crippen molar-refractivity contribution in [1.29, 1.82) is 0 Å². The monoisotopic (exact) mass is 732 g/mol. The van der Waals surface area contributed by atoms with Gasteiger partial charge < -0.3 is 0 Å². The summed E-state index contributed by atoms with van der Waals surface area (Å²) in [5.41, 5.74) is 0. The van der Waals surface area contributed by atoms with Crippen LogP contribution in [0.1, 0.15) is 268 Å². The van der Waals surface area contributed by atoms with Gasteiger partial charge in [-0.2, -0.15) is 0 Å². The van der Waals surface area contributed by atoms with E-state index in [2.05, 4.69) is 79.9 Å². The number of Topliss-reactive ketones (excluding diaryl/α,β-unsaturated/α-hetero) is 1. The standard InChI is InChI=1S/C19H37NO.C18H38.C13H26/c1-5-8-13-20-17(9-6-2)11-12-18(20)14-16(4)15-19(21)10-7-3;1-3-5-7-9-11-13-15-17-18-16-14-12-10-8-6-4-2;1-5-8-12(4)10-11-13(7-3)9-6-2/h16-18H,5-15H2,1-4H3;3-18H2,1-2H3;6,12-13H,2,5,7-11H2,1,3-4H3. The molecule has 0 bridgehead atoms. The molecule has 1 fully saturated rings. The van der Waals surface area contributed by atoms with Crippen molar-refractivity contribution >= 4 is 5.78 Å². The lowest BCUT2D eigenvalue weighted by atomic mass is 9.91. The molecule has 1 saturated heterocycles. The van der Waals surface area contributed by atoms with Gasteiger partial charge in [0.25, 0.3) is 0 Å². The van der Waals surface area contributed by atoms with E-state index < -0.39 is 0 Å². The molecule has 0 radical (unpaired) electrons. The predicted molar refractivity (Wildman–Crippen MR) is 239 cm³/mol. The largest absolute Gasteiger partial charge is 0.300 e. The molecule has 1 aliphatic rings. The zero-order valence-corrected chi connectivity index (χ0v) is 37.9. The van der Waals surface area contributed by atoms with Gasteiger partial charge in [0, 0.05) is 24.9 Å². The van der Waals surface area contributed by atoms with Gasteiger partial charge in [0.1, 0.15) is 5.78 Å². The minimum absolute atomic E-state index is 0.466. The fourth-order valence-electron chi connectivity index (χ4n) is 8.44. The fourth-order valence-corrected chi connectivity index (χ4v) is 8.44. The average molecular weight is 732 g/mol. The predicted octanol–water partition coefficient (Wildman–Crippen LogP) is 17.3. The third kappa shape index (κ3) is 33.9. The van der Waals surface area contributed by atoms with Crippen molar-refractivity contribution in [3.8, 4) is 0 Å². The molecule has 52 heavy (non-hydrogen) atoms. The second kappa shape index (κ2) is 41.5. The number of ketones is 1. The SMILES string of the molecule is C=CCC(CC)CCC(C)CCC.CCCCCCCCCCCCCCCCCC.CCCCN1C(CCC)CCC1CC(C)CC(=O)CCC. The lowest BCUT2D eigenvalue weighted by Crippen LogP contribution is -2.37. The zero-order valence-electron chi connectivity index (χ0n) is 37.9. The van der Waals surface area contributed by atoms with Gasteiger partial charge in [-0.3, -0.25) is 9.69 Å². The van der Waals surface area contributed by atoms with Gasteiger partial charge in [-0.15, -0.1) is 6.58 Å². The summed E-state index contributed by atoms with van der Waals surface area (Å²) < 4.78 is 0. The molecule has 0 N–H and O–H groups in total. The van der Waals surface area contributed by atoms with Crippen LogP contribution in [0.15, 0.2) is 12.7 Å². The summed E-state index contributed by atoms with van der Waals surface area (Å²) >= 11 is 0. The van der Waals surface area contributed by atoms with E-state index in [1.54, 1.807) is 0 Å². The fraction of sp³-hybridized carbons (Fsp3) is 0.940. The van der Waals surface area contributed by atoms with Gasteiger partial charge in [0.2, 0.25) is 0 Å². The van der Waals surface area contributed by atoms with Gasteiger partial charge in [-0.05, 0) is 75.7 Å². The summed E-state index contributed by atoms with van der Waals surface area (Å²) in [5.74, 6) is 2.83. The maximum Gasteiger partial charge on any atom is 0.133 e. The van der Waals surface area contributed by atoms with Crippen LogP contribution in [0.3, 0.4) is 0 Å². The van der Waals surface area contributed by atoms with Gasteiger partial charge >= 0.3 is 0 Å². The quantitative estimate of drug-likeness (QED) is 0.0485. The van der Waals surface area contributed by atoms with E-state index in [9.17, 15) is 4.79 Å². The Labute approximate surface area is 331 Å².